The summed E-state index contributed by atoms with van der Waals surface area (Å²) in [7, 11) is 0. The molecule has 2 N–H and O–H groups in total. The molecule has 2 aromatic rings. The molecule has 0 atom stereocenters. The molecule has 0 saturated carbocycles. The molecule has 22 heavy (non-hydrogen) atoms. The van der Waals surface area contributed by atoms with Gasteiger partial charge in [0, 0.05) is 18.0 Å². The summed E-state index contributed by atoms with van der Waals surface area (Å²) in [6.07, 6.45) is 6.16. The number of pyridine rings is 1. The smallest absolute Gasteiger partial charge is 0.154 e. The van der Waals surface area contributed by atoms with Crippen LogP contribution < -0.4 is 5.73 Å². The molecular formula is C18H22N4. The molecule has 0 aliphatic heterocycles. The van der Waals surface area contributed by atoms with E-state index in [0.717, 1.165) is 17.5 Å². The van der Waals surface area contributed by atoms with E-state index in [1.165, 1.54) is 5.56 Å². The van der Waals surface area contributed by atoms with Crippen LogP contribution in [0.1, 0.15) is 43.9 Å². The maximum Gasteiger partial charge on any atom is 0.154 e. The Labute approximate surface area is 131 Å². The third kappa shape index (κ3) is 4.01. The van der Waals surface area contributed by atoms with Crippen molar-refractivity contribution in [2.45, 2.75) is 32.6 Å². The Morgan fingerprint density at radius 3 is 2.55 bits per heavy atom. The average molecular weight is 294 g/mol. The minimum atomic E-state index is 0.193. The fourth-order valence-electron chi connectivity index (χ4n) is 1.95. The second kappa shape index (κ2) is 6.98. The zero-order valence-corrected chi connectivity index (χ0v) is 13.3. The number of hydrogen-bond donors (Lipinski definition) is 1. The van der Waals surface area contributed by atoms with Gasteiger partial charge in [-0.2, -0.15) is 5.10 Å². The van der Waals surface area contributed by atoms with Gasteiger partial charge in [-0.25, -0.2) is 0 Å². The van der Waals surface area contributed by atoms with Gasteiger partial charge in [0.1, 0.15) is 0 Å². The number of aromatic nitrogens is 1. The largest absolute Gasteiger partial charge is 0.382 e. The Morgan fingerprint density at radius 1 is 1.23 bits per heavy atom. The van der Waals surface area contributed by atoms with E-state index in [4.69, 9.17) is 5.73 Å². The van der Waals surface area contributed by atoms with Gasteiger partial charge in [0.15, 0.2) is 5.84 Å². The topological polar surface area (TPSA) is 63.6 Å². The highest BCUT2D eigenvalue weighted by Gasteiger charge is 2.17. The number of rotatable bonds is 5. The van der Waals surface area contributed by atoms with E-state index in [1.807, 2.05) is 24.3 Å². The summed E-state index contributed by atoms with van der Waals surface area (Å²) in [5.74, 6) is 0.355. The molecule has 0 amide bonds. The first-order chi connectivity index (χ1) is 10.5. The van der Waals surface area contributed by atoms with Crippen molar-refractivity contribution in [2.75, 3.05) is 0 Å². The van der Waals surface area contributed by atoms with Crippen LogP contribution in [0, 0.1) is 0 Å². The molecule has 1 aromatic carbocycles. The molecule has 0 bridgehead atoms. The molecule has 0 unspecified atom stereocenters. The van der Waals surface area contributed by atoms with Crippen LogP contribution >= 0.6 is 0 Å². The van der Waals surface area contributed by atoms with Gasteiger partial charge in [0.25, 0.3) is 0 Å². The molecule has 0 fully saturated rings. The van der Waals surface area contributed by atoms with Crippen LogP contribution in [-0.2, 0) is 5.41 Å². The first-order valence-corrected chi connectivity index (χ1v) is 7.40. The second-order valence-corrected chi connectivity index (χ2v) is 5.83. The zero-order chi connectivity index (χ0) is 16.0. The Kier molecular flexibility index (Phi) is 5.04. The average Bonchev–Trinajstić information content (AvgIpc) is 2.56. The molecule has 0 aliphatic rings. The molecule has 114 valence electrons. The van der Waals surface area contributed by atoms with Crippen molar-refractivity contribution < 1.29 is 0 Å². The third-order valence-corrected chi connectivity index (χ3v) is 3.91. The Hall–Kier alpha value is -2.49. The molecule has 2 rings (SSSR count). The Bertz CT molecular complexity index is 655. The molecule has 0 saturated heterocycles. The minimum absolute atomic E-state index is 0.193. The summed E-state index contributed by atoms with van der Waals surface area (Å²) in [4.78, 5) is 4.00. The van der Waals surface area contributed by atoms with Gasteiger partial charge in [-0.1, -0.05) is 45.0 Å². The van der Waals surface area contributed by atoms with E-state index in [0.29, 0.717) is 5.84 Å². The predicted molar refractivity (Wildman–Crippen MR) is 92.3 cm³/mol. The summed E-state index contributed by atoms with van der Waals surface area (Å²) in [5.41, 5.74) is 9.13. The van der Waals surface area contributed by atoms with Gasteiger partial charge in [0.05, 0.1) is 6.21 Å². The van der Waals surface area contributed by atoms with Gasteiger partial charge in [-0.3, -0.25) is 4.98 Å². The normalized spacial score (nSPS) is 12.8. The number of benzene rings is 1. The van der Waals surface area contributed by atoms with Crippen LogP contribution in [0.3, 0.4) is 0 Å². The molecule has 4 heteroatoms. The quantitative estimate of drug-likeness (QED) is 0.521. The summed E-state index contributed by atoms with van der Waals surface area (Å²) >= 11 is 0. The molecule has 4 nitrogen and oxygen atoms in total. The summed E-state index contributed by atoms with van der Waals surface area (Å²) < 4.78 is 0. The predicted octanol–water partition coefficient (Wildman–Crippen LogP) is 3.51. The van der Waals surface area contributed by atoms with Gasteiger partial charge >= 0.3 is 0 Å². The van der Waals surface area contributed by atoms with E-state index in [1.54, 1.807) is 18.6 Å². The molecule has 0 aliphatic carbocycles. The Balaban J connectivity index is 2.08. The van der Waals surface area contributed by atoms with E-state index in [9.17, 15) is 0 Å². The van der Waals surface area contributed by atoms with E-state index >= 15 is 0 Å². The standard InChI is InChI=1S/C18H22N4/c1-4-18(2,3)16-9-7-14(8-10-16)12-21-22-17(19)15-6-5-11-20-13-15/h5-13H,4H2,1-3H3,(H2,19,22). The van der Waals surface area contributed by atoms with Crippen molar-refractivity contribution >= 4 is 12.1 Å². The van der Waals surface area contributed by atoms with Crippen molar-refractivity contribution in [2.24, 2.45) is 15.9 Å². The van der Waals surface area contributed by atoms with Crippen LogP contribution in [0.25, 0.3) is 0 Å². The third-order valence-electron chi connectivity index (χ3n) is 3.91. The van der Waals surface area contributed by atoms with Crippen LogP contribution in [0.2, 0.25) is 0 Å². The lowest BCUT2D eigenvalue weighted by Gasteiger charge is -2.23. The lowest BCUT2D eigenvalue weighted by Crippen LogP contribution is -2.15. The fraction of sp³-hybridized carbons (Fsp3) is 0.278. The van der Waals surface area contributed by atoms with Crippen LogP contribution in [0.5, 0.6) is 0 Å². The second-order valence-electron chi connectivity index (χ2n) is 5.83. The molecule has 0 radical (unpaired) electrons. The zero-order valence-electron chi connectivity index (χ0n) is 13.3. The van der Waals surface area contributed by atoms with Gasteiger partial charge < -0.3 is 5.73 Å². The maximum absolute atomic E-state index is 5.85. The molecular weight excluding hydrogens is 272 g/mol. The van der Waals surface area contributed by atoms with Crippen molar-refractivity contribution in [1.82, 2.24) is 4.98 Å². The van der Waals surface area contributed by atoms with Crippen molar-refractivity contribution in [1.29, 1.82) is 0 Å². The first kappa shape index (κ1) is 15.9. The lowest BCUT2D eigenvalue weighted by atomic mass is 9.82. The van der Waals surface area contributed by atoms with Crippen molar-refractivity contribution in [3.05, 3.63) is 65.5 Å². The first-order valence-electron chi connectivity index (χ1n) is 7.40. The van der Waals surface area contributed by atoms with E-state index < -0.39 is 0 Å². The monoisotopic (exact) mass is 294 g/mol. The number of nitrogens with zero attached hydrogens (tertiary/aromatic N) is 3. The van der Waals surface area contributed by atoms with Crippen LogP contribution in [0.4, 0.5) is 0 Å². The summed E-state index contributed by atoms with van der Waals surface area (Å²) in [6.45, 7) is 6.69. The van der Waals surface area contributed by atoms with E-state index in [2.05, 4.69) is 48.1 Å². The van der Waals surface area contributed by atoms with Crippen molar-refractivity contribution in [3.8, 4) is 0 Å². The highest BCUT2D eigenvalue weighted by Crippen LogP contribution is 2.26. The van der Waals surface area contributed by atoms with Gasteiger partial charge in [0.2, 0.25) is 0 Å². The molecule has 1 heterocycles. The van der Waals surface area contributed by atoms with Gasteiger partial charge in [-0.05, 0) is 35.1 Å². The fourth-order valence-corrected chi connectivity index (χ4v) is 1.95. The van der Waals surface area contributed by atoms with Crippen LogP contribution in [0.15, 0.2) is 59.0 Å². The number of nitrogens with two attached hydrogens (primary N) is 1. The number of hydrogen-bond acceptors (Lipinski definition) is 3. The minimum Gasteiger partial charge on any atom is -0.382 e. The lowest BCUT2D eigenvalue weighted by molar-refractivity contribution is 0.506. The van der Waals surface area contributed by atoms with Crippen LogP contribution in [-0.4, -0.2) is 17.0 Å². The van der Waals surface area contributed by atoms with Gasteiger partial charge in [-0.15, -0.1) is 5.10 Å². The highest BCUT2D eigenvalue weighted by molar-refractivity contribution is 5.97. The summed E-state index contributed by atoms with van der Waals surface area (Å²) in [6, 6.07) is 12.0. The SMILES string of the molecule is CCC(C)(C)c1ccc(C=NN=C(N)c2cccnc2)cc1. The maximum atomic E-state index is 5.85. The number of amidine groups is 1. The molecule has 1 aromatic heterocycles. The summed E-state index contributed by atoms with van der Waals surface area (Å²) in [5, 5.41) is 8.04. The van der Waals surface area contributed by atoms with E-state index in [-0.39, 0.29) is 5.41 Å². The highest BCUT2D eigenvalue weighted by atomic mass is 15.2. The van der Waals surface area contributed by atoms with Crippen molar-refractivity contribution in [3.63, 3.8) is 0 Å². The Morgan fingerprint density at radius 2 is 1.95 bits per heavy atom. The molecule has 0 spiro atoms.